The van der Waals surface area contributed by atoms with Crippen LogP contribution in [0.1, 0.15) is 38.7 Å². The number of aliphatic carboxylic acids is 1. The molecule has 132 valence electrons. The molecule has 1 aromatic carbocycles. The van der Waals surface area contributed by atoms with Crippen molar-refractivity contribution in [1.82, 2.24) is 10.6 Å². The quantitative estimate of drug-likeness (QED) is 0.638. The van der Waals surface area contributed by atoms with Gasteiger partial charge in [0.05, 0.1) is 0 Å². The van der Waals surface area contributed by atoms with Crippen molar-refractivity contribution in [3.8, 4) is 0 Å². The molecule has 0 radical (unpaired) electrons. The van der Waals surface area contributed by atoms with Gasteiger partial charge >= 0.3 is 5.97 Å². The van der Waals surface area contributed by atoms with Gasteiger partial charge in [-0.2, -0.15) is 0 Å². The summed E-state index contributed by atoms with van der Waals surface area (Å²) in [5.74, 6) is -2.71. The Balaban J connectivity index is 2.86. The Morgan fingerprint density at radius 2 is 1.83 bits per heavy atom. The fourth-order valence-electron chi connectivity index (χ4n) is 2.28. The minimum absolute atomic E-state index is 0.0573. The highest BCUT2D eigenvalue weighted by Crippen LogP contribution is 2.10. The van der Waals surface area contributed by atoms with Crippen LogP contribution in [0.2, 0.25) is 0 Å². The van der Waals surface area contributed by atoms with Crippen LogP contribution in [0.4, 0.5) is 4.39 Å². The molecular weight excluding hydrogens is 315 g/mol. The van der Waals surface area contributed by atoms with Crippen molar-refractivity contribution < 1.29 is 23.9 Å². The standard InChI is InChI=1S/C17H23FN2O4/c1-3-4-9-14(17(23)24)20-16(22)15(19-11(2)21)10-12-7-5-6-8-13(12)18/h5-8,14-15H,3-4,9-10H2,1-2H3,(H,19,21)(H,20,22)(H,23,24)/t14-,15-/m1/s1. The molecule has 2 atom stereocenters. The van der Waals surface area contributed by atoms with Crippen molar-refractivity contribution in [2.45, 2.75) is 51.6 Å². The molecule has 0 aliphatic carbocycles. The summed E-state index contributed by atoms with van der Waals surface area (Å²) in [6, 6.07) is 3.86. The first kappa shape index (κ1) is 19.6. The number of carboxylic acid groups (broad SMARTS) is 1. The fraction of sp³-hybridized carbons (Fsp3) is 0.471. The van der Waals surface area contributed by atoms with Gasteiger partial charge in [0.15, 0.2) is 0 Å². The van der Waals surface area contributed by atoms with E-state index < -0.39 is 35.7 Å². The number of hydrogen-bond acceptors (Lipinski definition) is 3. The maximum atomic E-state index is 13.8. The molecular formula is C17H23FN2O4. The summed E-state index contributed by atoms with van der Waals surface area (Å²) < 4.78 is 13.8. The largest absolute Gasteiger partial charge is 0.480 e. The summed E-state index contributed by atoms with van der Waals surface area (Å²) in [5, 5.41) is 14.1. The number of carbonyl (C=O) groups is 3. The summed E-state index contributed by atoms with van der Waals surface area (Å²) in [5.41, 5.74) is 0.270. The number of benzene rings is 1. The van der Waals surface area contributed by atoms with Gasteiger partial charge in [-0.1, -0.05) is 38.0 Å². The minimum atomic E-state index is -1.13. The average molecular weight is 338 g/mol. The van der Waals surface area contributed by atoms with Crippen LogP contribution in [0.15, 0.2) is 24.3 Å². The molecule has 0 unspecified atom stereocenters. The molecule has 3 N–H and O–H groups in total. The van der Waals surface area contributed by atoms with Gasteiger partial charge in [0.25, 0.3) is 0 Å². The first-order valence-electron chi connectivity index (χ1n) is 7.88. The van der Waals surface area contributed by atoms with Crippen LogP contribution in [0.25, 0.3) is 0 Å². The first-order chi connectivity index (χ1) is 11.3. The summed E-state index contributed by atoms with van der Waals surface area (Å²) in [6.45, 7) is 3.16. The zero-order valence-electron chi connectivity index (χ0n) is 13.8. The third-order valence-electron chi connectivity index (χ3n) is 3.54. The summed E-state index contributed by atoms with van der Waals surface area (Å²) >= 11 is 0. The van der Waals surface area contributed by atoms with Crippen LogP contribution in [0.5, 0.6) is 0 Å². The summed E-state index contributed by atoms with van der Waals surface area (Å²) in [6.07, 6.45) is 1.68. The second-order valence-corrected chi connectivity index (χ2v) is 5.59. The second kappa shape index (κ2) is 9.64. The molecule has 24 heavy (non-hydrogen) atoms. The number of hydrogen-bond donors (Lipinski definition) is 3. The monoisotopic (exact) mass is 338 g/mol. The zero-order chi connectivity index (χ0) is 18.1. The van der Waals surface area contributed by atoms with Gasteiger partial charge in [-0.25, -0.2) is 9.18 Å². The van der Waals surface area contributed by atoms with E-state index in [1.807, 2.05) is 6.92 Å². The highest BCUT2D eigenvalue weighted by molar-refractivity contribution is 5.90. The smallest absolute Gasteiger partial charge is 0.326 e. The van der Waals surface area contributed by atoms with Crippen LogP contribution >= 0.6 is 0 Å². The van der Waals surface area contributed by atoms with E-state index in [-0.39, 0.29) is 12.0 Å². The van der Waals surface area contributed by atoms with Crippen LogP contribution in [-0.2, 0) is 20.8 Å². The van der Waals surface area contributed by atoms with E-state index in [2.05, 4.69) is 10.6 Å². The Labute approximate surface area is 140 Å². The van der Waals surface area contributed by atoms with Crippen LogP contribution < -0.4 is 10.6 Å². The lowest BCUT2D eigenvalue weighted by Crippen LogP contribution is -2.52. The molecule has 1 rings (SSSR count). The van der Waals surface area contributed by atoms with E-state index in [4.69, 9.17) is 0 Å². The van der Waals surface area contributed by atoms with Gasteiger partial charge in [0, 0.05) is 13.3 Å². The predicted octanol–water partition coefficient (Wildman–Crippen LogP) is 1.63. The van der Waals surface area contributed by atoms with Gasteiger partial charge in [-0.05, 0) is 18.1 Å². The maximum Gasteiger partial charge on any atom is 0.326 e. The molecule has 0 bridgehead atoms. The first-order valence-corrected chi connectivity index (χ1v) is 7.88. The topological polar surface area (TPSA) is 95.5 Å². The van der Waals surface area contributed by atoms with Gasteiger partial charge in [0.2, 0.25) is 11.8 Å². The van der Waals surface area contributed by atoms with Crippen LogP contribution in [0.3, 0.4) is 0 Å². The lowest BCUT2D eigenvalue weighted by atomic mass is 10.0. The Morgan fingerprint density at radius 3 is 2.38 bits per heavy atom. The highest BCUT2D eigenvalue weighted by Gasteiger charge is 2.26. The molecule has 6 nitrogen and oxygen atoms in total. The molecule has 7 heteroatoms. The van der Waals surface area contributed by atoms with E-state index in [1.165, 1.54) is 25.1 Å². The molecule has 0 fully saturated rings. The van der Waals surface area contributed by atoms with E-state index in [0.29, 0.717) is 12.8 Å². The number of amides is 2. The number of nitrogens with one attached hydrogen (secondary N) is 2. The van der Waals surface area contributed by atoms with E-state index in [0.717, 1.165) is 6.42 Å². The van der Waals surface area contributed by atoms with Crippen molar-refractivity contribution >= 4 is 17.8 Å². The Bertz CT molecular complexity index is 592. The van der Waals surface area contributed by atoms with Crippen molar-refractivity contribution in [2.75, 3.05) is 0 Å². The molecule has 0 aliphatic heterocycles. The van der Waals surface area contributed by atoms with E-state index >= 15 is 0 Å². The van der Waals surface area contributed by atoms with Crippen molar-refractivity contribution in [2.24, 2.45) is 0 Å². The van der Waals surface area contributed by atoms with Crippen LogP contribution in [-0.4, -0.2) is 35.0 Å². The highest BCUT2D eigenvalue weighted by atomic mass is 19.1. The predicted molar refractivity (Wildman–Crippen MR) is 86.8 cm³/mol. The summed E-state index contributed by atoms with van der Waals surface area (Å²) in [7, 11) is 0. The Kier molecular flexibility index (Phi) is 7.88. The number of rotatable bonds is 9. The average Bonchev–Trinajstić information content (AvgIpc) is 2.51. The molecule has 1 aromatic rings. The minimum Gasteiger partial charge on any atom is -0.480 e. The van der Waals surface area contributed by atoms with E-state index in [1.54, 1.807) is 6.07 Å². The zero-order valence-corrected chi connectivity index (χ0v) is 13.8. The molecule has 0 saturated carbocycles. The fourth-order valence-corrected chi connectivity index (χ4v) is 2.28. The lowest BCUT2D eigenvalue weighted by molar-refractivity contribution is -0.142. The lowest BCUT2D eigenvalue weighted by Gasteiger charge is -2.21. The van der Waals surface area contributed by atoms with Crippen molar-refractivity contribution in [1.29, 1.82) is 0 Å². The van der Waals surface area contributed by atoms with Gasteiger partial charge in [-0.15, -0.1) is 0 Å². The third-order valence-corrected chi connectivity index (χ3v) is 3.54. The molecule has 0 aliphatic rings. The SMILES string of the molecule is CCCC[C@@H](NC(=O)[C@@H](Cc1ccccc1F)NC(C)=O)C(=O)O. The van der Waals surface area contributed by atoms with Gasteiger partial charge in [-0.3, -0.25) is 9.59 Å². The van der Waals surface area contributed by atoms with Crippen molar-refractivity contribution in [3.63, 3.8) is 0 Å². The third kappa shape index (κ3) is 6.36. The van der Waals surface area contributed by atoms with E-state index in [9.17, 15) is 23.9 Å². The molecule has 0 saturated heterocycles. The molecule has 0 heterocycles. The molecule has 0 spiro atoms. The molecule has 2 amide bonds. The number of carbonyl (C=O) groups excluding carboxylic acids is 2. The second-order valence-electron chi connectivity index (χ2n) is 5.59. The molecule has 0 aromatic heterocycles. The normalized spacial score (nSPS) is 13.0. The van der Waals surface area contributed by atoms with Crippen LogP contribution in [0, 0.1) is 5.82 Å². The maximum absolute atomic E-state index is 13.8. The van der Waals surface area contributed by atoms with Crippen molar-refractivity contribution in [3.05, 3.63) is 35.6 Å². The van der Waals surface area contributed by atoms with Gasteiger partial charge < -0.3 is 15.7 Å². The Morgan fingerprint density at radius 1 is 1.17 bits per heavy atom. The Hall–Kier alpha value is -2.44. The van der Waals surface area contributed by atoms with Gasteiger partial charge in [0.1, 0.15) is 17.9 Å². The number of unbranched alkanes of at least 4 members (excludes halogenated alkanes) is 1. The number of halogens is 1. The number of carboxylic acids is 1. The summed E-state index contributed by atoms with van der Waals surface area (Å²) in [4.78, 5) is 34.9.